The number of benzene rings is 3. The first-order valence-electron chi connectivity index (χ1n) is 12.2. The maximum atomic E-state index is 13.7. The molecule has 0 bridgehead atoms. The average Bonchev–Trinajstić information content (AvgIpc) is 2.83. The highest BCUT2D eigenvalue weighted by atomic mass is 35.5. The zero-order chi connectivity index (χ0) is 27.0. The summed E-state index contributed by atoms with van der Waals surface area (Å²) in [5.74, 6) is 0.599. The van der Waals surface area contributed by atoms with Gasteiger partial charge in [0.2, 0.25) is 11.8 Å². The van der Waals surface area contributed by atoms with Gasteiger partial charge in [-0.15, -0.1) is 11.8 Å². The van der Waals surface area contributed by atoms with Crippen LogP contribution in [0.3, 0.4) is 0 Å². The van der Waals surface area contributed by atoms with Crippen LogP contribution in [0.5, 0.6) is 0 Å². The Bertz CT molecular complexity index is 1210. The number of aryl methyl sites for hydroxylation is 1. The van der Waals surface area contributed by atoms with E-state index >= 15 is 0 Å². The minimum Gasteiger partial charge on any atom is -0.350 e. The van der Waals surface area contributed by atoms with E-state index in [4.69, 9.17) is 23.2 Å². The fourth-order valence-electron chi connectivity index (χ4n) is 3.98. The average molecular weight is 558 g/mol. The number of nitrogens with one attached hydrogen (secondary N) is 1. The molecule has 4 nitrogen and oxygen atoms in total. The van der Waals surface area contributed by atoms with Gasteiger partial charge in [0, 0.05) is 24.3 Å². The topological polar surface area (TPSA) is 49.4 Å². The number of rotatable bonds is 10. The molecule has 1 unspecified atom stereocenters. The smallest absolute Gasteiger partial charge is 0.243 e. The van der Waals surface area contributed by atoms with E-state index in [1.54, 1.807) is 11.0 Å². The third-order valence-corrected chi connectivity index (χ3v) is 7.41. The predicted octanol–water partition coefficient (Wildman–Crippen LogP) is 7.09. The lowest BCUT2D eigenvalue weighted by molar-refractivity contribution is -0.140. The van der Waals surface area contributed by atoms with Crippen molar-refractivity contribution >= 4 is 46.8 Å². The first-order chi connectivity index (χ1) is 17.5. The highest BCUT2D eigenvalue weighted by Crippen LogP contribution is 2.25. The van der Waals surface area contributed by atoms with Crippen LogP contribution in [-0.4, -0.2) is 34.0 Å². The van der Waals surface area contributed by atoms with Crippen molar-refractivity contribution in [3.63, 3.8) is 0 Å². The molecule has 0 saturated heterocycles. The van der Waals surface area contributed by atoms with Gasteiger partial charge >= 0.3 is 0 Å². The van der Waals surface area contributed by atoms with Crippen LogP contribution in [0.1, 0.15) is 43.0 Å². The Morgan fingerprint density at radius 1 is 0.892 bits per heavy atom. The largest absolute Gasteiger partial charge is 0.350 e. The molecule has 3 aromatic rings. The molecule has 0 aliphatic rings. The van der Waals surface area contributed by atoms with Gasteiger partial charge < -0.3 is 10.2 Å². The molecule has 2 amide bonds. The summed E-state index contributed by atoms with van der Waals surface area (Å²) in [5, 5.41) is 4.10. The van der Waals surface area contributed by atoms with Crippen molar-refractivity contribution in [2.24, 2.45) is 0 Å². The van der Waals surface area contributed by atoms with Crippen molar-refractivity contribution in [1.82, 2.24) is 10.2 Å². The fraction of sp³-hybridized carbons (Fsp3) is 0.333. The van der Waals surface area contributed by atoms with Crippen LogP contribution in [0, 0.1) is 6.92 Å². The van der Waals surface area contributed by atoms with Crippen molar-refractivity contribution < 1.29 is 9.59 Å². The van der Waals surface area contributed by atoms with Crippen LogP contribution in [0.25, 0.3) is 0 Å². The van der Waals surface area contributed by atoms with E-state index in [-0.39, 0.29) is 17.6 Å². The summed E-state index contributed by atoms with van der Waals surface area (Å²) in [5.41, 5.74) is 3.67. The maximum Gasteiger partial charge on any atom is 0.243 e. The lowest BCUT2D eigenvalue weighted by atomic mass is 10.0. The molecule has 0 aliphatic heterocycles. The second kappa shape index (κ2) is 13.4. The first kappa shape index (κ1) is 29.1. The Labute approximate surface area is 234 Å². The normalized spacial score (nSPS) is 12.2. The third kappa shape index (κ3) is 9.41. The number of carbonyl (C=O) groups is 2. The van der Waals surface area contributed by atoms with E-state index < -0.39 is 11.6 Å². The Kier molecular flexibility index (Phi) is 10.5. The zero-order valence-electron chi connectivity index (χ0n) is 21.8. The number of nitrogens with zero attached hydrogens (tertiary/aromatic N) is 1. The van der Waals surface area contributed by atoms with Gasteiger partial charge in [-0.25, -0.2) is 0 Å². The van der Waals surface area contributed by atoms with Gasteiger partial charge in [0.25, 0.3) is 0 Å². The molecule has 3 rings (SSSR count). The van der Waals surface area contributed by atoms with E-state index in [9.17, 15) is 9.59 Å². The van der Waals surface area contributed by atoms with Crippen molar-refractivity contribution in [2.75, 3.05) is 5.75 Å². The number of carbonyl (C=O) groups excluding carboxylic acids is 2. The molecule has 0 fully saturated rings. The fourth-order valence-corrected chi connectivity index (χ4v) is 5.16. The summed E-state index contributed by atoms with van der Waals surface area (Å²) < 4.78 is 0. The monoisotopic (exact) mass is 556 g/mol. The number of hydrogen-bond donors (Lipinski definition) is 1. The van der Waals surface area contributed by atoms with Gasteiger partial charge in [-0.1, -0.05) is 89.4 Å². The summed E-state index contributed by atoms with van der Waals surface area (Å²) in [7, 11) is 0. The van der Waals surface area contributed by atoms with Gasteiger partial charge in [0.15, 0.2) is 0 Å². The number of hydrogen-bond acceptors (Lipinski definition) is 3. The zero-order valence-corrected chi connectivity index (χ0v) is 24.1. The van der Waals surface area contributed by atoms with Gasteiger partial charge in [0.1, 0.15) is 6.04 Å². The Morgan fingerprint density at radius 2 is 1.59 bits per heavy atom. The molecule has 0 aliphatic carbocycles. The minimum absolute atomic E-state index is 0.0865. The summed E-state index contributed by atoms with van der Waals surface area (Å²) in [6, 6.07) is 22.7. The molecule has 1 atom stereocenters. The van der Waals surface area contributed by atoms with E-state index in [2.05, 4.69) is 11.4 Å². The standard InChI is InChI=1S/C30H34Cl2N2O2S/c1-21-9-8-12-23(15-21)18-34(28(35)20-37-19-24-13-14-25(31)26(32)16-24)27(29(36)33-30(2,3)4)17-22-10-6-5-7-11-22/h5-16,27H,17-20H2,1-4H3,(H,33,36). The van der Waals surface area contributed by atoms with Crippen molar-refractivity contribution in [2.45, 2.75) is 58.0 Å². The molecular weight excluding hydrogens is 523 g/mol. The Balaban J connectivity index is 1.87. The van der Waals surface area contributed by atoms with Crippen LogP contribution in [0.4, 0.5) is 0 Å². The van der Waals surface area contributed by atoms with E-state index in [0.29, 0.717) is 28.8 Å². The molecular formula is C30H34Cl2N2O2S. The molecule has 0 aromatic heterocycles. The lowest BCUT2D eigenvalue weighted by Crippen LogP contribution is -2.54. The molecule has 1 N–H and O–H groups in total. The molecule has 37 heavy (non-hydrogen) atoms. The number of thioether (sulfide) groups is 1. The van der Waals surface area contributed by atoms with Crippen LogP contribution in [0.15, 0.2) is 72.8 Å². The van der Waals surface area contributed by atoms with Crippen molar-refractivity contribution in [3.05, 3.63) is 105 Å². The van der Waals surface area contributed by atoms with Crippen LogP contribution in [0.2, 0.25) is 10.0 Å². The third-order valence-electron chi connectivity index (χ3n) is 5.68. The van der Waals surface area contributed by atoms with E-state index in [0.717, 1.165) is 22.3 Å². The number of amides is 2. The molecule has 3 aromatic carbocycles. The summed E-state index contributed by atoms with van der Waals surface area (Å²) in [4.78, 5) is 29.0. The SMILES string of the molecule is Cc1cccc(CN(C(=O)CSCc2ccc(Cl)c(Cl)c2)C(Cc2ccccc2)C(=O)NC(C)(C)C)c1. The summed E-state index contributed by atoms with van der Waals surface area (Å²) >= 11 is 13.7. The second-order valence-electron chi connectivity index (χ2n) is 10.2. The molecule has 0 heterocycles. The molecule has 0 saturated carbocycles. The number of halogens is 2. The van der Waals surface area contributed by atoms with Crippen LogP contribution in [-0.2, 0) is 28.3 Å². The quantitative estimate of drug-likeness (QED) is 0.290. The van der Waals surface area contributed by atoms with Crippen molar-refractivity contribution in [1.29, 1.82) is 0 Å². The molecule has 7 heteroatoms. The van der Waals surface area contributed by atoms with Gasteiger partial charge in [-0.2, -0.15) is 0 Å². The summed E-state index contributed by atoms with van der Waals surface area (Å²) in [6.45, 7) is 8.22. The predicted molar refractivity (Wildman–Crippen MR) is 156 cm³/mol. The minimum atomic E-state index is -0.653. The lowest BCUT2D eigenvalue weighted by Gasteiger charge is -2.34. The highest BCUT2D eigenvalue weighted by molar-refractivity contribution is 7.99. The molecule has 196 valence electrons. The van der Waals surface area contributed by atoms with E-state index in [1.807, 2.05) is 88.4 Å². The maximum absolute atomic E-state index is 13.7. The van der Waals surface area contributed by atoms with Crippen LogP contribution >= 0.6 is 35.0 Å². The van der Waals surface area contributed by atoms with Crippen molar-refractivity contribution in [3.8, 4) is 0 Å². The second-order valence-corrected chi connectivity index (χ2v) is 12.0. The first-order valence-corrected chi connectivity index (χ1v) is 14.2. The molecule has 0 radical (unpaired) electrons. The van der Waals surface area contributed by atoms with E-state index in [1.165, 1.54) is 11.8 Å². The Morgan fingerprint density at radius 3 is 2.24 bits per heavy atom. The van der Waals surface area contributed by atoms with Crippen LogP contribution < -0.4 is 5.32 Å². The molecule has 0 spiro atoms. The summed E-state index contributed by atoms with van der Waals surface area (Å²) in [6.07, 6.45) is 0.428. The van der Waals surface area contributed by atoms with Gasteiger partial charge in [0.05, 0.1) is 15.8 Å². The van der Waals surface area contributed by atoms with Gasteiger partial charge in [-0.3, -0.25) is 9.59 Å². The van der Waals surface area contributed by atoms with Gasteiger partial charge in [-0.05, 0) is 56.5 Å². The highest BCUT2D eigenvalue weighted by Gasteiger charge is 2.32. The Hall–Kier alpha value is -2.47.